The molecule has 3 rings (SSSR count). The van der Waals surface area contributed by atoms with Gasteiger partial charge in [-0.05, 0) is 36.8 Å². The highest BCUT2D eigenvalue weighted by molar-refractivity contribution is 7.99. The molecule has 2 amide bonds. The number of thioether (sulfide) groups is 1. The van der Waals surface area contributed by atoms with E-state index < -0.39 is 0 Å². The maximum absolute atomic E-state index is 12.1. The van der Waals surface area contributed by atoms with Gasteiger partial charge in [-0.2, -0.15) is 0 Å². The zero-order valence-electron chi connectivity index (χ0n) is 15.8. The first kappa shape index (κ1) is 20.9. The van der Waals surface area contributed by atoms with E-state index >= 15 is 0 Å². The van der Waals surface area contributed by atoms with E-state index in [4.69, 9.17) is 11.6 Å². The van der Waals surface area contributed by atoms with Crippen molar-refractivity contribution in [2.24, 2.45) is 0 Å². The number of aromatic nitrogens is 3. The zero-order chi connectivity index (χ0) is 20.6. The summed E-state index contributed by atoms with van der Waals surface area (Å²) >= 11 is 7.46. The summed E-state index contributed by atoms with van der Waals surface area (Å²) in [6.07, 6.45) is 1.58. The highest BCUT2D eigenvalue weighted by atomic mass is 35.5. The van der Waals surface area contributed by atoms with Crippen LogP contribution < -0.4 is 10.6 Å². The van der Waals surface area contributed by atoms with E-state index in [1.807, 2.05) is 31.2 Å². The number of nitrogens with zero attached hydrogens (tertiary/aromatic N) is 3. The fourth-order valence-corrected chi connectivity index (χ4v) is 3.42. The largest absolute Gasteiger partial charge is 0.354 e. The van der Waals surface area contributed by atoms with Crippen molar-refractivity contribution in [3.8, 4) is 5.69 Å². The third-order valence-electron chi connectivity index (χ3n) is 4.05. The lowest BCUT2D eigenvalue weighted by atomic mass is 10.2. The lowest BCUT2D eigenvalue weighted by molar-refractivity contribution is -0.118. The number of nitrogens with one attached hydrogen (secondary N) is 2. The molecule has 0 atom stereocenters. The Kier molecular flexibility index (Phi) is 7.26. The number of benzene rings is 2. The molecule has 0 aliphatic heterocycles. The molecule has 2 aromatic carbocycles. The molecular formula is C20H20ClN5O2S. The van der Waals surface area contributed by atoms with Gasteiger partial charge in [0.1, 0.15) is 6.33 Å². The minimum absolute atomic E-state index is 0.152. The molecule has 29 heavy (non-hydrogen) atoms. The molecule has 0 saturated carbocycles. The second-order valence-corrected chi connectivity index (χ2v) is 7.53. The van der Waals surface area contributed by atoms with Crippen LogP contribution in [0.4, 0.5) is 0 Å². The van der Waals surface area contributed by atoms with Crippen molar-refractivity contribution in [3.63, 3.8) is 0 Å². The van der Waals surface area contributed by atoms with Crippen molar-refractivity contribution in [2.75, 3.05) is 18.8 Å². The molecule has 0 aliphatic carbocycles. The minimum Gasteiger partial charge on any atom is -0.354 e. The van der Waals surface area contributed by atoms with Gasteiger partial charge in [0.05, 0.1) is 11.4 Å². The summed E-state index contributed by atoms with van der Waals surface area (Å²) in [5.74, 6) is -0.134. The van der Waals surface area contributed by atoms with Gasteiger partial charge in [0.2, 0.25) is 5.91 Å². The summed E-state index contributed by atoms with van der Waals surface area (Å²) in [6.45, 7) is 2.63. The van der Waals surface area contributed by atoms with Crippen molar-refractivity contribution in [3.05, 3.63) is 71.0 Å². The number of rotatable bonds is 8. The Morgan fingerprint density at radius 1 is 1.10 bits per heavy atom. The third-order valence-corrected chi connectivity index (χ3v) is 5.40. The van der Waals surface area contributed by atoms with E-state index in [1.165, 1.54) is 11.8 Å². The van der Waals surface area contributed by atoms with Crippen molar-refractivity contribution in [1.82, 2.24) is 25.4 Å². The molecule has 2 N–H and O–H groups in total. The molecule has 3 aromatic rings. The fraction of sp³-hybridized carbons (Fsp3) is 0.200. The normalized spacial score (nSPS) is 10.6. The van der Waals surface area contributed by atoms with Crippen LogP contribution in [0.3, 0.4) is 0 Å². The van der Waals surface area contributed by atoms with Gasteiger partial charge in [-0.25, -0.2) is 0 Å². The Hall–Kier alpha value is -2.84. The first-order valence-electron chi connectivity index (χ1n) is 8.94. The molecule has 7 nitrogen and oxygen atoms in total. The lowest BCUT2D eigenvalue weighted by Gasteiger charge is -2.09. The van der Waals surface area contributed by atoms with E-state index in [1.54, 1.807) is 35.2 Å². The van der Waals surface area contributed by atoms with Gasteiger partial charge in [0.15, 0.2) is 5.16 Å². The van der Waals surface area contributed by atoms with Crippen molar-refractivity contribution >= 4 is 35.2 Å². The van der Waals surface area contributed by atoms with Crippen LogP contribution in [0.25, 0.3) is 5.69 Å². The van der Waals surface area contributed by atoms with Crippen LogP contribution in [0, 0.1) is 6.92 Å². The van der Waals surface area contributed by atoms with Crippen LogP contribution in [0.5, 0.6) is 0 Å². The summed E-state index contributed by atoms with van der Waals surface area (Å²) in [4.78, 5) is 24.0. The van der Waals surface area contributed by atoms with Crippen LogP contribution >= 0.6 is 23.4 Å². The van der Waals surface area contributed by atoms with Gasteiger partial charge in [-0.15, -0.1) is 10.2 Å². The smallest absolute Gasteiger partial charge is 0.251 e. The molecular weight excluding hydrogens is 410 g/mol. The number of halogens is 1. The Bertz CT molecular complexity index is 994. The van der Waals surface area contributed by atoms with E-state index in [0.717, 1.165) is 11.3 Å². The Morgan fingerprint density at radius 2 is 1.86 bits per heavy atom. The van der Waals surface area contributed by atoms with Crippen LogP contribution in [0.2, 0.25) is 5.02 Å². The lowest BCUT2D eigenvalue weighted by Crippen LogP contribution is -2.35. The summed E-state index contributed by atoms with van der Waals surface area (Å²) in [6, 6.07) is 14.6. The van der Waals surface area contributed by atoms with Gasteiger partial charge >= 0.3 is 0 Å². The monoisotopic (exact) mass is 429 g/mol. The number of aryl methyl sites for hydroxylation is 1. The average molecular weight is 430 g/mol. The topological polar surface area (TPSA) is 88.9 Å². The van der Waals surface area contributed by atoms with Gasteiger partial charge in [0.25, 0.3) is 5.91 Å². The molecule has 9 heteroatoms. The van der Waals surface area contributed by atoms with E-state index in [2.05, 4.69) is 20.8 Å². The van der Waals surface area contributed by atoms with Gasteiger partial charge < -0.3 is 10.6 Å². The van der Waals surface area contributed by atoms with Crippen molar-refractivity contribution < 1.29 is 9.59 Å². The first-order chi connectivity index (χ1) is 14.0. The summed E-state index contributed by atoms with van der Waals surface area (Å²) in [5.41, 5.74) is 2.40. The molecule has 0 saturated heterocycles. The van der Waals surface area contributed by atoms with Crippen LogP contribution in [0.15, 0.2) is 60.0 Å². The van der Waals surface area contributed by atoms with Gasteiger partial charge in [-0.3, -0.25) is 14.2 Å². The molecule has 1 aromatic heterocycles. The predicted molar refractivity (Wildman–Crippen MR) is 114 cm³/mol. The number of hydrogen-bond donors (Lipinski definition) is 2. The number of amides is 2. The Morgan fingerprint density at radius 3 is 2.62 bits per heavy atom. The summed E-state index contributed by atoms with van der Waals surface area (Å²) < 4.78 is 1.78. The van der Waals surface area contributed by atoms with Crippen LogP contribution in [-0.4, -0.2) is 45.4 Å². The van der Waals surface area contributed by atoms with Gasteiger partial charge in [0, 0.05) is 23.7 Å². The average Bonchev–Trinajstić information content (AvgIpc) is 3.21. The molecule has 0 aliphatic rings. The van der Waals surface area contributed by atoms with E-state index in [9.17, 15) is 9.59 Å². The SMILES string of the molecule is Cc1ccc(-n2cnnc2SCC(=O)NCCNC(=O)c2ccccc2)cc1Cl. The van der Waals surface area contributed by atoms with E-state index in [-0.39, 0.29) is 17.6 Å². The second-order valence-electron chi connectivity index (χ2n) is 6.18. The molecule has 1 heterocycles. The number of carbonyl (C=O) groups is 2. The number of carbonyl (C=O) groups excluding carboxylic acids is 2. The summed E-state index contributed by atoms with van der Waals surface area (Å²) in [5, 5.41) is 14.8. The zero-order valence-corrected chi connectivity index (χ0v) is 17.3. The van der Waals surface area contributed by atoms with Gasteiger partial charge in [-0.1, -0.05) is 47.6 Å². The molecule has 150 valence electrons. The van der Waals surface area contributed by atoms with Crippen LogP contribution in [0.1, 0.15) is 15.9 Å². The second kappa shape index (κ2) is 10.1. The predicted octanol–water partition coefficient (Wildman–Crippen LogP) is 2.87. The third kappa shape index (κ3) is 5.82. The van der Waals surface area contributed by atoms with Crippen molar-refractivity contribution in [1.29, 1.82) is 0 Å². The maximum Gasteiger partial charge on any atom is 0.251 e. The Balaban J connectivity index is 1.44. The summed E-state index contributed by atoms with van der Waals surface area (Å²) in [7, 11) is 0. The Labute approximate surface area is 177 Å². The van der Waals surface area contributed by atoms with Crippen molar-refractivity contribution in [2.45, 2.75) is 12.1 Å². The number of hydrogen-bond acceptors (Lipinski definition) is 5. The standard InChI is InChI=1S/C20H20ClN5O2S/c1-14-7-8-16(11-17(14)21)26-13-24-25-20(26)29-12-18(27)22-9-10-23-19(28)15-5-3-2-4-6-15/h2-8,11,13H,9-10,12H2,1H3,(H,22,27)(H,23,28). The minimum atomic E-state index is -0.168. The fourth-order valence-electron chi connectivity index (χ4n) is 2.48. The molecule has 0 radical (unpaired) electrons. The van der Waals surface area contributed by atoms with E-state index in [0.29, 0.717) is 28.8 Å². The highest BCUT2D eigenvalue weighted by Crippen LogP contribution is 2.23. The highest BCUT2D eigenvalue weighted by Gasteiger charge is 2.11. The molecule has 0 bridgehead atoms. The maximum atomic E-state index is 12.1. The quantitative estimate of drug-likeness (QED) is 0.424. The van der Waals surface area contributed by atoms with Crippen LogP contribution in [-0.2, 0) is 4.79 Å². The molecule has 0 spiro atoms. The molecule has 0 fully saturated rings. The molecule has 0 unspecified atom stereocenters. The first-order valence-corrected chi connectivity index (χ1v) is 10.3.